The first kappa shape index (κ1) is 18.3. The summed E-state index contributed by atoms with van der Waals surface area (Å²) in [5, 5.41) is 4.13. The molecule has 0 N–H and O–H groups in total. The Kier molecular flexibility index (Phi) is 4.01. The minimum Gasteiger partial charge on any atom is -0.342 e. The number of carbonyl (C=O) groups excluding carboxylic acids is 2. The van der Waals surface area contributed by atoms with Crippen LogP contribution in [0.4, 0.5) is 0 Å². The zero-order valence-electron chi connectivity index (χ0n) is 16.7. The second-order valence-electron chi connectivity index (χ2n) is 9.07. The fourth-order valence-corrected chi connectivity index (χ4v) is 4.65. The fourth-order valence-electron chi connectivity index (χ4n) is 4.65. The summed E-state index contributed by atoms with van der Waals surface area (Å²) in [6.45, 7) is 8.99. The molecular weight excluding hydrogens is 346 g/mol. The van der Waals surface area contributed by atoms with Gasteiger partial charge in [0.15, 0.2) is 0 Å². The van der Waals surface area contributed by atoms with Crippen LogP contribution in [0.3, 0.4) is 0 Å². The Morgan fingerprint density at radius 3 is 2.44 bits per heavy atom. The molecule has 2 aliphatic heterocycles. The maximum absolute atomic E-state index is 12.7. The Morgan fingerprint density at radius 2 is 1.89 bits per heavy atom. The van der Waals surface area contributed by atoms with E-state index in [0.29, 0.717) is 24.8 Å². The van der Waals surface area contributed by atoms with E-state index < -0.39 is 0 Å². The van der Waals surface area contributed by atoms with E-state index in [2.05, 4.69) is 18.9 Å². The number of rotatable bonds is 4. The van der Waals surface area contributed by atoms with Gasteiger partial charge in [0.05, 0.1) is 0 Å². The van der Waals surface area contributed by atoms with Crippen molar-refractivity contribution in [2.75, 3.05) is 26.2 Å². The number of aryl methyl sites for hydroxylation is 1. The first-order valence-corrected chi connectivity index (χ1v) is 9.85. The van der Waals surface area contributed by atoms with Crippen molar-refractivity contribution in [2.24, 2.45) is 23.8 Å². The van der Waals surface area contributed by atoms with Crippen molar-refractivity contribution in [2.45, 2.75) is 46.6 Å². The van der Waals surface area contributed by atoms with Crippen LogP contribution >= 0.6 is 0 Å². The van der Waals surface area contributed by atoms with E-state index in [9.17, 15) is 14.4 Å². The van der Waals surface area contributed by atoms with Gasteiger partial charge in [-0.25, -0.2) is 9.48 Å². The minimum atomic E-state index is -0.267. The number of aromatic nitrogens is 3. The van der Waals surface area contributed by atoms with Crippen molar-refractivity contribution < 1.29 is 9.59 Å². The second-order valence-corrected chi connectivity index (χ2v) is 9.07. The van der Waals surface area contributed by atoms with Crippen LogP contribution in [-0.4, -0.2) is 62.1 Å². The average Bonchev–Trinajstić information content (AvgIpc) is 2.99. The third-order valence-electron chi connectivity index (χ3n) is 7.16. The van der Waals surface area contributed by atoms with Gasteiger partial charge in [0, 0.05) is 44.6 Å². The van der Waals surface area contributed by atoms with Gasteiger partial charge in [-0.3, -0.25) is 14.2 Å². The minimum absolute atomic E-state index is 0.0177. The summed E-state index contributed by atoms with van der Waals surface area (Å²) in [6, 6.07) is 0. The monoisotopic (exact) mass is 375 g/mol. The van der Waals surface area contributed by atoms with E-state index in [-0.39, 0.29) is 34.9 Å². The van der Waals surface area contributed by atoms with Crippen LogP contribution in [0.15, 0.2) is 4.79 Å². The lowest BCUT2D eigenvalue weighted by Crippen LogP contribution is -2.60. The van der Waals surface area contributed by atoms with Crippen molar-refractivity contribution in [1.82, 2.24) is 24.1 Å². The number of likely N-dealkylation sites (tertiary alicyclic amines) is 2. The Balaban J connectivity index is 1.31. The van der Waals surface area contributed by atoms with E-state index in [1.54, 1.807) is 18.9 Å². The predicted molar refractivity (Wildman–Crippen MR) is 98.9 cm³/mol. The van der Waals surface area contributed by atoms with Crippen LogP contribution in [0, 0.1) is 23.7 Å². The largest absolute Gasteiger partial charge is 0.346 e. The Labute approximate surface area is 159 Å². The van der Waals surface area contributed by atoms with E-state index in [1.165, 1.54) is 9.25 Å². The molecule has 0 aromatic carbocycles. The van der Waals surface area contributed by atoms with Gasteiger partial charge in [0.1, 0.15) is 12.4 Å². The summed E-state index contributed by atoms with van der Waals surface area (Å²) in [5.74, 6) is 1.01. The number of hydrogen-bond donors (Lipinski definition) is 0. The molecule has 3 aliphatic rings. The molecular formula is C19H29N5O3. The molecule has 4 rings (SSSR count). The van der Waals surface area contributed by atoms with Gasteiger partial charge in [-0.15, -0.1) is 0 Å². The van der Waals surface area contributed by atoms with Crippen LogP contribution in [0.5, 0.6) is 0 Å². The molecule has 8 heteroatoms. The topological polar surface area (TPSA) is 80.4 Å². The number of nitrogens with zero attached hydrogens (tertiary/aromatic N) is 5. The molecule has 2 unspecified atom stereocenters. The lowest BCUT2D eigenvalue weighted by molar-refractivity contribution is -0.144. The average molecular weight is 375 g/mol. The molecule has 1 aromatic rings. The third kappa shape index (κ3) is 2.89. The number of carbonyl (C=O) groups is 2. The van der Waals surface area contributed by atoms with Crippen molar-refractivity contribution in [3.8, 4) is 0 Å². The highest BCUT2D eigenvalue weighted by molar-refractivity contribution is 5.83. The molecule has 0 bridgehead atoms. The van der Waals surface area contributed by atoms with Gasteiger partial charge < -0.3 is 9.80 Å². The van der Waals surface area contributed by atoms with E-state index >= 15 is 0 Å². The van der Waals surface area contributed by atoms with Gasteiger partial charge in [-0.2, -0.15) is 5.10 Å². The molecule has 1 aliphatic carbocycles. The summed E-state index contributed by atoms with van der Waals surface area (Å²) in [5.41, 5.74) is -0.0202. The van der Waals surface area contributed by atoms with Crippen LogP contribution in [-0.2, 0) is 23.2 Å². The third-order valence-corrected chi connectivity index (χ3v) is 7.16. The molecule has 148 valence electrons. The van der Waals surface area contributed by atoms with Crippen LogP contribution in [0.1, 0.15) is 38.9 Å². The van der Waals surface area contributed by atoms with E-state index in [1.807, 2.05) is 4.90 Å². The quantitative estimate of drug-likeness (QED) is 0.762. The molecule has 2 atom stereocenters. The Morgan fingerprint density at radius 1 is 1.22 bits per heavy atom. The van der Waals surface area contributed by atoms with Gasteiger partial charge in [-0.1, -0.05) is 13.8 Å². The SMILES string of the molecule is CCC1(C)CC1C(=O)N1CCC2(CN(C(=O)Cn3nc(C)n(C)c3=O)C2)C1. The van der Waals surface area contributed by atoms with E-state index in [4.69, 9.17) is 0 Å². The molecule has 27 heavy (non-hydrogen) atoms. The molecule has 3 heterocycles. The normalized spacial score (nSPS) is 28.5. The molecule has 1 saturated carbocycles. The zero-order valence-corrected chi connectivity index (χ0v) is 16.7. The van der Waals surface area contributed by atoms with Gasteiger partial charge in [0.25, 0.3) is 0 Å². The van der Waals surface area contributed by atoms with Crippen molar-refractivity contribution in [3.63, 3.8) is 0 Å². The predicted octanol–water partition coefficient (Wildman–Crippen LogP) is 0.387. The van der Waals surface area contributed by atoms with Crippen molar-refractivity contribution >= 4 is 11.8 Å². The zero-order chi connectivity index (χ0) is 19.6. The molecule has 0 radical (unpaired) electrons. The highest BCUT2D eigenvalue weighted by Gasteiger charge is 2.57. The van der Waals surface area contributed by atoms with Gasteiger partial charge in [-0.05, 0) is 31.6 Å². The second kappa shape index (κ2) is 5.94. The number of amides is 2. The standard InChI is InChI=1S/C19H29N5O3/c1-5-18(3)8-14(18)16(26)22-7-6-19(10-22)11-23(12-19)15(25)9-24-17(27)21(4)13(2)20-24/h14H,5-12H2,1-4H3. The molecule has 1 aromatic heterocycles. The summed E-state index contributed by atoms with van der Waals surface area (Å²) in [6.07, 6.45) is 3.02. The highest BCUT2D eigenvalue weighted by Crippen LogP contribution is 2.56. The summed E-state index contributed by atoms with van der Waals surface area (Å²) in [4.78, 5) is 41.1. The molecule has 1 spiro atoms. The lowest BCUT2D eigenvalue weighted by atomic mass is 9.79. The Bertz CT molecular complexity index is 850. The van der Waals surface area contributed by atoms with E-state index in [0.717, 1.165) is 32.4 Å². The van der Waals surface area contributed by atoms with Crippen LogP contribution < -0.4 is 5.69 Å². The van der Waals surface area contributed by atoms with Gasteiger partial charge >= 0.3 is 5.69 Å². The van der Waals surface area contributed by atoms with Crippen molar-refractivity contribution in [3.05, 3.63) is 16.3 Å². The fraction of sp³-hybridized carbons (Fsp3) is 0.789. The summed E-state index contributed by atoms with van der Waals surface area (Å²) < 4.78 is 2.67. The Hall–Kier alpha value is -2.12. The lowest BCUT2D eigenvalue weighted by Gasteiger charge is -2.48. The first-order valence-electron chi connectivity index (χ1n) is 9.85. The van der Waals surface area contributed by atoms with Crippen molar-refractivity contribution in [1.29, 1.82) is 0 Å². The van der Waals surface area contributed by atoms with Gasteiger partial charge in [0.2, 0.25) is 11.8 Å². The molecule has 3 fully saturated rings. The molecule has 8 nitrogen and oxygen atoms in total. The summed E-state index contributed by atoms with van der Waals surface area (Å²) >= 11 is 0. The maximum Gasteiger partial charge on any atom is 0.346 e. The molecule has 2 saturated heterocycles. The number of hydrogen-bond acceptors (Lipinski definition) is 4. The van der Waals surface area contributed by atoms with Crippen LogP contribution in [0.25, 0.3) is 0 Å². The maximum atomic E-state index is 12.7. The smallest absolute Gasteiger partial charge is 0.342 e. The highest BCUT2D eigenvalue weighted by atomic mass is 16.2. The summed E-state index contributed by atoms with van der Waals surface area (Å²) in [7, 11) is 1.65. The molecule has 2 amide bonds. The van der Waals surface area contributed by atoms with Crippen LogP contribution in [0.2, 0.25) is 0 Å². The first-order chi connectivity index (χ1) is 12.7.